The summed E-state index contributed by atoms with van der Waals surface area (Å²) in [7, 11) is 1.62. The SMILES string of the molecule is COc1nc(-c2cccc(-c3cccc(-c4ccn5c(=O)c(CNC[C@@H](O)CC(N)=O)cnc5c4)c3Cl)c2Cl)ccc1CNC[C@@H]1CCCN1. The number of aliphatic hydroxyl groups excluding tert-OH is 1. The van der Waals surface area contributed by atoms with E-state index in [0.717, 1.165) is 46.5 Å². The number of nitrogens with two attached hydrogens (primary N) is 1. The minimum Gasteiger partial charge on any atom is -0.481 e. The van der Waals surface area contributed by atoms with E-state index in [-0.39, 0.29) is 25.1 Å². The quantitative estimate of drug-likeness (QED) is 0.111. The van der Waals surface area contributed by atoms with E-state index in [2.05, 4.69) is 20.9 Å². The molecule has 260 valence electrons. The maximum absolute atomic E-state index is 13.2. The molecule has 1 aliphatic rings. The molecule has 6 rings (SSSR count). The molecule has 0 aliphatic carbocycles. The van der Waals surface area contributed by atoms with Gasteiger partial charge < -0.3 is 31.5 Å². The van der Waals surface area contributed by atoms with Crippen LogP contribution in [0.4, 0.5) is 0 Å². The van der Waals surface area contributed by atoms with Crippen LogP contribution in [0, 0.1) is 0 Å². The molecule has 1 saturated heterocycles. The zero-order valence-electron chi connectivity index (χ0n) is 27.6. The van der Waals surface area contributed by atoms with Crippen molar-refractivity contribution < 1.29 is 14.6 Å². The molecular formula is C37H39Cl2N7O4. The number of methoxy groups -OCH3 is 1. The molecule has 6 N–H and O–H groups in total. The second-order valence-corrected chi connectivity index (χ2v) is 13.1. The zero-order chi connectivity index (χ0) is 35.2. The number of benzene rings is 2. The standard InChI is InChI=1S/C37H39Cl2N7O4/c1-50-36-23(17-41-20-25-5-4-13-43-25)10-11-31(45-36)30-9-3-8-29(35(30)39)28-7-2-6-27(34(28)38)22-12-14-46-33(15-22)44-19-24(37(46)49)18-42-21-26(47)16-32(40)48/h2-3,6-12,14-15,19,25-26,41-43,47H,4-5,13,16-18,20-21H2,1H3,(H2,40,48)/t25-,26-/m0/s1. The van der Waals surface area contributed by atoms with Gasteiger partial charge in [0.05, 0.1) is 35.4 Å². The highest BCUT2D eigenvalue weighted by Crippen LogP contribution is 2.42. The van der Waals surface area contributed by atoms with Crippen LogP contribution in [0.2, 0.25) is 10.0 Å². The van der Waals surface area contributed by atoms with Crippen molar-refractivity contribution in [2.45, 2.75) is 44.5 Å². The van der Waals surface area contributed by atoms with Gasteiger partial charge >= 0.3 is 0 Å². The van der Waals surface area contributed by atoms with Gasteiger partial charge in [-0.15, -0.1) is 0 Å². The smallest absolute Gasteiger partial charge is 0.262 e. The molecule has 0 unspecified atom stereocenters. The molecule has 0 radical (unpaired) electrons. The van der Waals surface area contributed by atoms with Crippen LogP contribution in [0.15, 0.2) is 77.9 Å². The molecule has 13 heteroatoms. The fourth-order valence-corrected chi connectivity index (χ4v) is 6.88. The van der Waals surface area contributed by atoms with Gasteiger partial charge in [-0.3, -0.25) is 14.0 Å². The lowest BCUT2D eigenvalue weighted by molar-refractivity contribution is -0.119. The first-order chi connectivity index (χ1) is 24.2. The molecule has 4 heterocycles. The zero-order valence-corrected chi connectivity index (χ0v) is 29.1. The molecule has 1 fully saturated rings. The summed E-state index contributed by atoms with van der Waals surface area (Å²) in [6.07, 6.45) is 4.45. The number of amides is 1. The Morgan fingerprint density at radius 3 is 2.48 bits per heavy atom. The third-order valence-electron chi connectivity index (χ3n) is 8.79. The van der Waals surface area contributed by atoms with Gasteiger partial charge in [-0.2, -0.15) is 0 Å². The van der Waals surface area contributed by atoms with Gasteiger partial charge in [0.2, 0.25) is 11.8 Å². The van der Waals surface area contributed by atoms with Crippen molar-refractivity contribution >= 4 is 34.8 Å². The Morgan fingerprint density at radius 2 is 1.76 bits per heavy atom. The summed E-state index contributed by atoms with van der Waals surface area (Å²) in [5.41, 5.74) is 11.1. The van der Waals surface area contributed by atoms with Crippen LogP contribution < -0.4 is 32.0 Å². The summed E-state index contributed by atoms with van der Waals surface area (Å²) in [6, 6.07) is 19.6. The average molecular weight is 717 g/mol. The lowest BCUT2D eigenvalue weighted by Gasteiger charge is -2.16. The molecule has 0 spiro atoms. The van der Waals surface area contributed by atoms with E-state index >= 15 is 0 Å². The summed E-state index contributed by atoms with van der Waals surface area (Å²) in [4.78, 5) is 33.5. The molecule has 0 saturated carbocycles. The van der Waals surface area contributed by atoms with Gasteiger partial charge in [-0.1, -0.05) is 65.7 Å². The monoisotopic (exact) mass is 715 g/mol. The van der Waals surface area contributed by atoms with E-state index in [1.807, 2.05) is 54.6 Å². The minimum absolute atomic E-state index is 0.110. The summed E-state index contributed by atoms with van der Waals surface area (Å²) in [6.45, 7) is 2.88. The predicted octanol–water partition coefficient (Wildman–Crippen LogP) is 4.57. The number of nitrogens with zero attached hydrogens (tertiary/aromatic N) is 3. The lowest BCUT2D eigenvalue weighted by Crippen LogP contribution is -2.33. The van der Waals surface area contributed by atoms with Crippen molar-refractivity contribution in [1.29, 1.82) is 0 Å². The lowest BCUT2D eigenvalue weighted by atomic mass is 9.97. The Labute approximate surface area is 299 Å². The van der Waals surface area contributed by atoms with Crippen LogP contribution in [0.5, 0.6) is 5.88 Å². The summed E-state index contributed by atoms with van der Waals surface area (Å²) < 4.78 is 7.12. The van der Waals surface area contributed by atoms with Crippen molar-refractivity contribution in [3.05, 3.63) is 105 Å². The van der Waals surface area contributed by atoms with E-state index < -0.39 is 12.0 Å². The van der Waals surface area contributed by atoms with Crippen molar-refractivity contribution in [3.63, 3.8) is 0 Å². The first kappa shape index (κ1) is 35.5. The molecule has 2 atom stereocenters. The normalized spacial score (nSPS) is 15.0. The van der Waals surface area contributed by atoms with Gasteiger partial charge in [0.1, 0.15) is 5.65 Å². The molecule has 3 aromatic heterocycles. The van der Waals surface area contributed by atoms with E-state index in [9.17, 15) is 14.7 Å². The number of fused-ring (bicyclic) bond motifs is 1. The van der Waals surface area contributed by atoms with Crippen LogP contribution >= 0.6 is 23.2 Å². The second kappa shape index (κ2) is 16.1. The number of aromatic nitrogens is 3. The molecular weight excluding hydrogens is 677 g/mol. The van der Waals surface area contributed by atoms with Crippen LogP contribution in [0.25, 0.3) is 39.2 Å². The number of nitrogens with one attached hydrogen (secondary N) is 3. The number of hydrogen-bond donors (Lipinski definition) is 5. The number of hydrogen-bond acceptors (Lipinski definition) is 9. The fraction of sp³-hybridized carbons (Fsp3) is 0.297. The van der Waals surface area contributed by atoms with Gasteiger partial charge in [0.15, 0.2) is 0 Å². The first-order valence-corrected chi connectivity index (χ1v) is 17.2. The number of carbonyl (C=O) groups excluding carboxylic acids is 1. The van der Waals surface area contributed by atoms with Crippen LogP contribution in [-0.4, -0.2) is 64.3 Å². The third-order valence-corrected chi connectivity index (χ3v) is 9.60. The maximum atomic E-state index is 13.2. The molecule has 2 aromatic carbocycles. The largest absolute Gasteiger partial charge is 0.481 e. The van der Waals surface area contributed by atoms with Gasteiger partial charge in [0.25, 0.3) is 5.56 Å². The number of ether oxygens (including phenoxy) is 1. The van der Waals surface area contributed by atoms with Crippen LogP contribution in [0.3, 0.4) is 0 Å². The Bertz CT molecular complexity index is 2070. The van der Waals surface area contributed by atoms with Crippen molar-refractivity contribution in [3.8, 4) is 39.4 Å². The number of rotatable bonds is 14. The molecule has 50 heavy (non-hydrogen) atoms. The van der Waals surface area contributed by atoms with E-state index in [1.165, 1.54) is 23.4 Å². The number of halogens is 2. The molecule has 5 aromatic rings. The topological polar surface area (TPSA) is 156 Å². The number of carbonyl (C=O) groups is 1. The highest BCUT2D eigenvalue weighted by Gasteiger charge is 2.19. The Balaban J connectivity index is 1.23. The second-order valence-electron chi connectivity index (χ2n) is 12.3. The van der Waals surface area contributed by atoms with Gasteiger partial charge in [-0.25, -0.2) is 9.97 Å². The molecule has 1 aliphatic heterocycles. The van der Waals surface area contributed by atoms with Gasteiger partial charge in [-0.05, 0) is 43.1 Å². The minimum atomic E-state index is -0.938. The highest BCUT2D eigenvalue weighted by molar-refractivity contribution is 6.39. The van der Waals surface area contributed by atoms with Crippen molar-refractivity contribution in [2.75, 3.05) is 26.7 Å². The Morgan fingerprint density at radius 1 is 1.04 bits per heavy atom. The van der Waals surface area contributed by atoms with Crippen molar-refractivity contribution in [2.24, 2.45) is 5.73 Å². The molecule has 1 amide bonds. The highest BCUT2D eigenvalue weighted by atomic mass is 35.5. The number of pyridine rings is 2. The summed E-state index contributed by atoms with van der Waals surface area (Å²) in [5.74, 6) is -0.0533. The van der Waals surface area contributed by atoms with E-state index in [4.69, 9.17) is 38.7 Å². The molecule has 11 nitrogen and oxygen atoms in total. The fourth-order valence-electron chi connectivity index (χ4n) is 6.22. The number of aliphatic hydroxyl groups is 1. The van der Waals surface area contributed by atoms with E-state index in [0.29, 0.717) is 45.4 Å². The predicted molar refractivity (Wildman–Crippen MR) is 196 cm³/mol. The molecule has 0 bridgehead atoms. The first-order valence-electron chi connectivity index (χ1n) is 16.5. The van der Waals surface area contributed by atoms with Crippen LogP contribution in [-0.2, 0) is 17.9 Å². The van der Waals surface area contributed by atoms with Crippen molar-refractivity contribution in [1.82, 2.24) is 30.3 Å². The van der Waals surface area contributed by atoms with Gasteiger partial charge in [0, 0.05) is 78.0 Å². The van der Waals surface area contributed by atoms with E-state index in [1.54, 1.807) is 19.4 Å². The maximum Gasteiger partial charge on any atom is 0.262 e. The third kappa shape index (κ3) is 7.99. The Hall–Kier alpha value is -4.36. The summed E-state index contributed by atoms with van der Waals surface area (Å²) >= 11 is 14.2. The van der Waals surface area contributed by atoms with Crippen LogP contribution in [0.1, 0.15) is 30.4 Å². The summed E-state index contributed by atoms with van der Waals surface area (Å²) in [5, 5.41) is 20.8. The average Bonchev–Trinajstić information content (AvgIpc) is 3.63. The number of primary amides is 1. The Kier molecular flexibility index (Phi) is 11.4.